The van der Waals surface area contributed by atoms with Gasteiger partial charge in [-0.2, -0.15) is 0 Å². The van der Waals surface area contributed by atoms with Crippen molar-refractivity contribution in [2.24, 2.45) is 5.92 Å². The Bertz CT molecular complexity index is 465. The topological polar surface area (TPSA) is 66.4 Å². The number of carboxylic acid groups (broad SMARTS) is 1. The monoisotopic (exact) mass is 333 g/mol. The quantitative estimate of drug-likeness (QED) is 0.870. The Morgan fingerprint density at radius 3 is 2.67 bits per heavy atom. The SMILES string of the molecule is CCC(CNC(=O)c1ccc(Cl)c(Br)c1)C(=O)O. The molecule has 0 aromatic heterocycles. The van der Waals surface area contributed by atoms with Crippen LogP contribution >= 0.6 is 27.5 Å². The van der Waals surface area contributed by atoms with E-state index in [9.17, 15) is 9.59 Å². The van der Waals surface area contributed by atoms with E-state index in [1.54, 1.807) is 25.1 Å². The van der Waals surface area contributed by atoms with Crippen LogP contribution in [0.4, 0.5) is 0 Å². The van der Waals surface area contributed by atoms with Gasteiger partial charge in [-0.3, -0.25) is 9.59 Å². The van der Waals surface area contributed by atoms with Gasteiger partial charge in [-0.05, 0) is 40.5 Å². The van der Waals surface area contributed by atoms with Gasteiger partial charge in [-0.1, -0.05) is 18.5 Å². The van der Waals surface area contributed by atoms with Crippen molar-refractivity contribution in [2.45, 2.75) is 13.3 Å². The summed E-state index contributed by atoms with van der Waals surface area (Å²) < 4.78 is 0.627. The molecular weight excluding hydrogens is 321 g/mol. The molecule has 1 amide bonds. The summed E-state index contributed by atoms with van der Waals surface area (Å²) >= 11 is 9.05. The van der Waals surface area contributed by atoms with Crippen molar-refractivity contribution in [3.8, 4) is 0 Å². The number of carbonyl (C=O) groups is 2. The van der Waals surface area contributed by atoms with Crippen LogP contribution in [0.15, 0.2) is 22.7 Å². The summed E-state index contributed by atoms with van der Waals surface area (Å²) in [5.41, 5.74) is 0.437. The molecule has 0 saturated heterocycles. The molecule has 2 N–H and O–H groups in total. The van der Waals surface area contributed by atoms with Crippen LogP contribution in [0.1, 0.15) is 23.7 Å². The van der Waals surface area contributed by atoms with Gasteiger partial charge < -0.3 is 10.4 Å². The molecule has 0 saturated carbocycles. The molecule has 18 heavy (non-hydrogen) atoms. The number of rotatable bonds is 5. The molecule has 0 aliphatic heterocycles. The second-order valence-corrected chi connectivity index (χ2v) is 5.04. The lowest BCUT2D eigenvalue weighted by Gasteiger charge is -2.11. The molecule has 0 bridgehead atoms. The summed E-state index contributed by atoms with van der Waals surface area (Å²) in [5.74, 6) is -1.79. The van der Waals surface area contributed by atoms with Gasteiger partial charge in [0.1, 0.15) is 0 Å². The van der Waals surface area contributed by atoms with Crippen LogP contribution in [-0.2, 0) is 4.79 Å². The number of halogens is 2. The Morgan fingerprint density at radius 1 is 1.50 bits per heavy atom. The highest BCUT2D eigenvalue weighted by molar-refractivity contribution is 9.10. The summed E-state index contributed by atoms with van der Waals surface area (Å²) in [6, 6.07) is 4.79. The molecule has 0 radical (unpaired) electrons. The highest BCUT2D eigenvalue weighted by atomic mass is 79.9. The number of aliphatic carboxylic acids is 1. The minimum Gasteiger partial charge on any atom is -0.481 e. The zero-order valence-corrected chi connectivity index (χ0v) is 12.1. The normalized spacial score (nSPS) is 11.9. The van der Waals surface area contributed by atoms with Crippen molar-refractivity contribution < 1.29 is 14.7 Å². The molecule has 1 aromatic carbocycles. The molecule has 0 fully saturated rings. The molecular formula is C12H13BrClNO3. The van der Waals surface area contributed by atoms with E-state index < -0.39 is 11.9 Å². The summed E-state index contributed by atoms with van der Waals surface area (Å²) in [6.07, 6.45) is 0.472. The lowest BCUT2D eigenvalue weighted by Crippen LogP contribution is -2.32. The van der Waals surface area contributed by atoms with Gasteiger partial charge in [0.25, 0.3) is 5.91 Å². The summed E-state index contributed by atoms with van der Waals surface area (Å²) in [7, 11) is 0. The molecule has 1 unspecified atom stereocenters. The maximum atomic E-state index is 11.8. The number of carboxylic acids is 1. The van der Waals surface area contributed by atoms with Crippen LogP contribution in [0.2, 0.25) is 5.02 Å². The summed E-state index contributed by atoms with van der Waals surface area (Å²) in [4.78, 5) is 22.6. The van der Waals surface area contributed by atoms with Gasteiger partial charge in [-0.25, -0.2) is 0 Å². The number of carbonyl (C=O) groups excluding carboxylic acids is 1. The molecule has 4 nitrogen and oxygen atoms in total. The van der Waals surface area contributed by atoms with Crippen molar-refractivity contribution in [2.75, 3.05) is 6.54 Å². The third-order valence-electron chi connectivity index (χ3n) is 2.53. The van der Waals surface area contributed by atoms with Gasteiger partial charge in [0.2, 0.25) is 0 Å². The summed E-state index contributed by atoms with van der Waals surface area (Å²) in [5, 5.41) is 12.0. The van der Waals surface area contributed by atoms with Crippen molar-refractivity contribution in [3.63, 3.8) is 0 Å². The molecule has 98 valence electrons. The smallest absolute Gasteiger partial charge is 0.308 e. The first-order valence-electron chi connectivity index (χ1n) is 5.41. The average molecular weight is 335 g/mol. The Morgan fingerprint density at radius 2 is 2.17 bits per heavy atom. The van der Waals surface area contributed by atoms with E-state index in [2.05, 4.69) is 21.2 Å². The minimum absolute atomic E-state index is 0.116. The Balaban J connectivity index is 2.65. The number of nitrogens with one attached hydrogen (secondary N) is 1. The van der Waals surface area contributed by atoms with E-state index in [-0.39, 0.29) is 12.5 Å². The Labute approximate surface area is 118 Å². The third-order valence-corrected chi connectivity index (χ3v) is 3.75. The fraction of sp³-hybridized carbons (Fsp3) is 0.333. The fourth-order valence-electron chi connectivity index (χ4n) is 1.36. The molecule has 1 rings (SSSR count). The maximum Gasteiger partial charge on any atom is 0.308 e. The zero-order valence-electron chi connectivity index (χ0n) is 9.74. The van der Waals surface area contributed by atoms with Crippen molar-refractivity contribution in [1.29, 1.82) is 0 Å². The Hall–Kier alpha value is -1.07. The molecule has 0 aliphatic carbocycles. The predicted molar refractivity (Wildman–Crippen MR) is 72.9 cm³/mol. The number of benzene rings is 1. The largest absolute Gasteiger partial charge is 0.481 e. The molecule has 1 atom stereocenters. The van der Waals surface area contributed by atoms with Crippen LogP contribution in [-0.4, -0.2) is 23.5 Å². The first-order chi connectivity index (χ1) is 8.45. The highest BCUT2D eigenvalue weighted by Crippen LogP contribution is 2.23. The zero-order chi connectivity index (χ0) is 13.7. The Kier molecular flexibility index (Phi) is 5.62. The van der Waals surface area contributed by atoms with Crippen molar-refractivity contribution >= 4 is 39.4 Å². The molecule has 0 spiro atoms. The lowest BCUT2D eigenvalue weighted by atomic mass is 10.1. The first kappa shape index (κ1) is 15.0. The molecule has 0 aliphatic rings. The van der Waals surface area contributed by atoms with Crippen LogP contribution in [0.3, 0.4) is 0 Å². The standard InChI is InChI=1S/C12H13BrClNO3/c1-2-7(12(17)18)6-15-11(16)8-3-4-10(14)9(13)5-8/h3-5,7H,2,6H2,1H3,(H,15,16)(H,17,18). The van der Waals surface area contributed by atoms with Crippen molar-refractivity contribution in [3.05, 3.63) is 33.3 Å². The van der Waals surface area contributed by atoms with Gasteiger partial charge in [0.05, 0.1) is 10.9 Å². The van der Waals surface area contributed by atoms with E-state index in [1.807, 2.05) is 0 Å². The van der Waals surface area contributed by atoms with Crippen LogP contribution in [0.5, 0.6) is 0 Å². The maximum absolute atomic E-state index is 11.8. The lowest BCUT2D eigenvalue weighted by molar-refractivity contribution is -0.141. The van der Waals surface area contributed by atoms with Gasteiger partial charge in [0.15, 0.2) is 0 Å². The average Bonchev–Trinajstić information content (AvgIpc) is 2.32. The van der Waals surface area contributed by atoms with Crippen LogP contribution < -0.4 is 5.32 Å². The summed E-state index contributed by atoms with van der Waals surface area (Å²) in [6.45, 7) is 1.88. The highest BCUT2D eigenvalue weighted by Gasteiger charge is 2.16. The van der Waals surface area contributed by atoms with E-state index in [0.29, 0.717) is 21.5 Å². The molecule has 0 heterocycles. The van der Waals surface area contributed by atoms with Crippen LogP contribution in [0.25, 0.3) is 0 Å². The minimum atomic E-state index is -0.907. The second-order valence-electron chi connectivity index (χ2n) is 3.78. The number of amides is 1. The molecule has 6 heteroatoms. The molecule has 1 aromatic rings. The fourth-order valence-corrected chi connectivity index (χ4v) is 1.86. The third kappa shape index (κ3) is 3.99. The number of hydrogen-bond acceptors (Lipinski definition) is 2. The number of hydrogen-bond donors (Lipinski definition) is 2. The first-order valence-corrected chi connectivity index (χ1v) is 6.58. The van der Waals surface area contributed by atoms with Gasteiger partial charge >= 0.3 is 5.97 Å². The van der Waals surface area contributed by atoms with E-state index in [0.717, 1.165) is 0 Å². The van der Waals surface area contributed by atoms with Crippen molar-refractivity contribution in [1.82, 2.24) is 5.32 Å². The van der Waals surface area contributed by atoms with Crippen LogP contribution in [0, 0.1) is 5.92 Å². The second kappa shape index (κ2) is 6.75. The predicted octanol–water partition coefficient (Wildman–Crippen LogP) is 2.94. The van der Waals surface area contributed by atoms with Gasteiger partial charge in [-0.15, -0.1) is 0 Å². The van der Waals surface area contributed by atoms with E-state index in [4.69, 9.17) is 16.7 Å². The van der Waals surface area contributed by atoms with Gasteiger partial charge in [0, 0.05) is 16.6 Å². The van der Waals surface area contributed by atoms with E-state index in [1.165, 1.54) is 0 Å². The van der Waals surface area contributed by atoms with E-state index >= 15 is 0 Å².